The molecule has 5 N–H and O–H groups in total. The van der Waals surface area contributed by atoms with Crippen molar-refractivity contribution in [1.82, 2.24) is 5.32 Å². The quantitative estimate of drug-likeness (QED) is 0.431. The number of methoxy groups -OCH3 is 1. The van der Waals surface area contributed by atoms with Crippen LogP contribution in [0.4, 0.5) is 17.1 Å². The van der Waals surface area contributed by atoms with Crippen molar-refractivity contribution in [3.8, 4) is 5.75 Å². The molecule has 0 spiro atoms. The SMILES string of the molecule is CCC(CNC(=O)c1ccccc1)N=C1C=CC(=Nc2cc(OC)c(N)cc2N)C=C1.Cl. The van der Waals surface area contributed by atoms with Gasteiger partial charge in [-0.15, -0.1) is 12.4 Å². The molecule has 0 radical (unpaired) electrons. The Balaban J connectivity index is 0.00000363. The molecular formula is C24H28ClN5O2. The highest BCUT2D eigenvalue weighted by atomic mass is 35.5. The highest BCUT2D eigenvalue weighted by Gasteiger charge is 2.11. The van der Waals surface area contributed by atoms with Crippen LogP contribution < -0.4 is 21.5 Å². The van der Waals surface area contributed by atoms with Gasteiger partial charge in [-0.05, 0) is 48.9 Å². The van der Waals surface area contributed by atoms with E-state index in [1.54, 1.807) is 31.4 Å². The molecule has 7 nitrogen and oxygen atoms in total. The zero-order chi connectivity index (χ0) is 22.2. The fraction of sp³-hybridized carbons (Fsp3) is 0.208. The van der Waals surface area contributed by atoms with Crippen LogP contribution in [0.15, 0.2) is 76.8 Å². The number of aliphatic imine (C=N–C) groups is 2. The van der Waals surface area contributed by atoms with E-state index in [1.807, 2.05) is 49.4 Å². The number of carbonyl (C=O) groups is 1. The summed E-state index contributed by atoms with van der Waals surface area (Å²) >= 11 is 0. The highest BCUT2D eigenvalue weighted by Crippen LogP contribution is 2.33. The minimum atomic E-state index is -0.0973. The van der Waals surface area contributed by atoms with Crippen molar-refractivity contribution in [3.63, 3.8) is 0 Å². The Labute approximate surface area is 194 Å². The molecule has 168 valence electrons. The molecule has 0 saturated heterocycles. The monoisotopic (exact) mass is 453 g/mol. The number of nitrogens with two attached hydrogens (primary N) is 2. The number of benzene rings is 2. The van der Waals surface area contributed by atoms with Crippen LogP contribution in [-0.4, -0.2) is 37.0 Å². The Morgan fingerprint density at radius 3 is 2.31 bits per heavy atom. The number of nitrogens with one attached hydrogen (secondary N) is 1. The van der Waals surface area contributed by atoms with Gasteiger partial charge in [0.05, 0.1) is 41.6 Å². The van der Waals surface area contributed by atoms with Crippen LogP contribution >= 0.6 is 12.4 Å². The predicted octanol–water partition coefficient (Wildman–Crippen LogP) is 4.13. The fourth-order valence-electron chi connectivity index (χ4n) is 3.02. The predicted molar refractivity (Wildman–Crippen MR) is 135 cm³/mol. The Bertz CT molecular complexity index is 1040. The van der Waals surface area contributed by atoms with E-state index < -0.39 is 0 Å². The molecule has 0 heterocycles. The minimum Gasteiger partial charge on any atom is -0.495 e. The second-order valence-electron chi connectivity index (χ2n) is 7.05. The smallest absolute Gasteiger partial charge is 0.251 e. The van der Waals surface area contributed by atoms with Gasteiger partial charge in [-0.2, -0.15) is 0 Å². The molecule has 1 aliphatic rings. The number of allylic oxidation sites excluding steroid dienone is 4. The molecule has 2 aromatic carbocycles. The summed E-state index contributed by atoms with van der Waals surface area (Å²) in [4.78, 5) is 21.5. The standard InChI is InChI=1S/C24H27N5O2.ClH/c1-3-17(15-27-24(30)16-7-5-4-6-8-16)28-18-9-11-19(12-10-18)29-22-14-23(31-2)21(26)13-20(22)25;/h4-14,17H,3,15,25-26H2,1-2H3,(H,27,30);1H. The molecule has 0 saturated carbocycles. The first-order chi connectivity index (χ1) is 15.0. The lowest BCUT2D eigenvalue weighted by Gasteiger charge is -2.13. The van der Waals surface area contributed by atoms with Gasteiger partial charge in [-0.1, -0.05) is 25.1 Å². The normalized spacial score (nSPS) is 13.2. The van der Waals surface area contributed by atoms with Crippen molar-refractivity contribution >= 4 is 46.8 Å². The van der Waals surface area contributed by atoms with Crippen molar-refractivity contribution < 1.29 is 9.53 Å². The number of anilines is 2. The number of ether oxygens (including phenoxy) is 1. The average Bonchev–Trinajstić information content (AvgIpc) is 2.79. The van der Waals surface area contributed by atoms with E-state index in [9.17, 15) is 4.79 Å². The Hall–Kier alpha value is -3.58. The zero-order valence-electron chi connectivity index (χ0n) is 18.1. The van der Waals surface area contributed by atoms with Gasteiger partial charge in [0.15, 0.2) is 0 Å². The molecular weight excluding hydrogens is 426 g/mol. The molecule has 8 heteroatoms. The average molecular weight is 454 g/mol. The summed E-state index contributed by atoms with van der Waals surface area (Å²) in [7, 11) is 1.55. The number of hydrogen-bond donors (Lipinski definition) is 3. The molecule has 0 aliphatic heterocycles. The van der Waals surface area contributed by atoms with Crippen LogP contribution in [-0.2, 0) is 0 Å². The van der Waals surface area contributed by atoms with Crippen molar-refractivity contribution in [2.45, 2.75) is 19.4 Å². The van der Waals surface area contributed by atoms with Gasteiger partial charge in [0.25, 0.3) is 5.91 Å². The third kappa shape index (κ3) is 6.46. The van der Waals surface area contributed by atoms with Gasteiger partial charge in [-0.3, -0.25) is 9.79 Å². The van der Waals surface area contributed by atoms with Crippen LogP contribution in [0, 0.1) is 0 Å². The van der Waals surface area contributed by atoms with Crippen LogP contribution in [0.25, 0.3) is 0 Å². The maximum absolute atomic E-state index is 12.2. The Morgan fingerprint density at radius 1 is 1.03 bits per heavy atom. The maximum Gasteiger partial charge on any atom is 0.251 e. The molecule has 1 unspecified atom stereocenters. The van der Waals surface area contributed by atoms with E-state index in [2.05, 4.69) is 10.3 Å². The lowest BCUT2D eigenvalue weighted by atomic mass is 10.1. The van der Waals surface area contributed by atoms with E-state index >= 15 is 0 Å². The van der Waals surface area contributed by atoms with Gasteiger partial charge < -0.3 is 21.5 Å². The van der Waals surface area contributed by atoms with Crippen LogP contribution in [0.5, 0.6) is 5.75 Å². The molecule has 32 heavy (non-hydrogen) atoms. The van der Waals surface area contributed by atoms with E-state index in [-0.39, 0.29) is 24.4 Å². The lowest BCUT2D eigenvalue weighted by Crippen LogP contribution is -2.31. The highest BCUT2D eigenvalue weighted by molar-refractivity contribution is 6.19. The number of carbonyl (C=O) groups excluding carboxylic acids is 1. The number of hydrogen-bond acceptors (Lipinski definition) is 6. The Morgan fingerprint density at radius 2 is 1.69 bits per heavy atom. The summed E-state index contributed by atoms with van der Waals surface area (Å²) in [5, 5.41) is 2.95. The molecule has 3 rings (SSSR count). The second-order valence-corrected chi connectivity index (χ2v) is 7.05. The third-order valence-corrected chi connectivity index (χ3v) is 4.82. The number of nitrogen functional groups attached to an aromatic ring is 2. The van der Waals surface area contributed by atoms with Crippen LogP contribution in [0.1, 0.15) is 23.7 Å². The van der Waals surface area contributed by atoms with Gasteiger partial charge in [0.2, 0.25) is 0 Å². The summed E-state index contributed by atoms with van der Waals surface area (Å²) in [6.45, 7) is 2.52. The van der Waals surface area contributed by atoms with Gasteiger partial charge in [-0.25, -0.2) is 4.99 Å². The van der Waals surface area contributed by atoms with Crippen molar-refractivity contribution in [1.29, 1.82) is 0 Å². The second kappa shape index (κ2) is 11.7. The Kier molecular flexibility index (Phi) is 9.04. The summed E-state index contributed by atoms with van der Waals surface area (Å²) in [6, 6.07) is 12.5. The first-order valence-electron chi connectivity index (χ1n) is 10.1. The summed E-state index contributed by atoms with van der Waals surface area (Å²) in [5.74, 6) is 0.433. The first-order valence-corrected chi connectivity index (χ1v) is 10.1. The van der Waals surface area contributed by atoms with Crippen LogP contribution in [0.3, 0.4) is 0 Å². The molecule has 1 atom stereocenters. The van der Waals surface area contributed by atoms with Crippen molar-refractivity contribution in [2.75, 3.05) is 25.1 Å². The number of rotatable bonds is 7. The largest absolute Gasteiger partial charge is 0.495 e. The first kappa shape index (κ1) is 24.7. The van der Waals surface area contributed by atoms with E-state index in [0.717, 1.165) is 17.8 Å². The number of halogens is 1. The fourth-order valence-corrected chi connectivity index (χ4v) is 3.02. The van der Waals surface area contributed by atoms with Crippen molar-refractivity contribution in [3.05, 3.63) is 72.3 Å². The lowest BCUT2D eigenvalue weighted by molar-refractivity contribution is 0.0951. The molecule has 0 fully saturated rings. The van der Waals surface area contributed by atoms with E-state index in [1.165, 1.54) is 0 Å². The van der Waals surface area contributed by atoms with Gasteiger partial charge >= 0.3 is 0 Å². The summed E-state index contributed by atoms with van der Waals surface area (Å²) in [6.07, 6.45) is 8.34. The van der Waals surface area contributed by atoms with Crippen molar-refractivity contribution in [2.24, 2.45) is 9.98 Å². The molecule has 0 aromatic heterocycles. The van der Waals surface area contributed by atoms with Gasteiger partial charge in [0.1, 0.15) is 5.75 Å². The van der Waals surface area contributed by atoms with E-state index in [4.69, 9.17) is 21.2 Å². The maximum atomic E-state index is 12.2. The minimum absolute atomic E-state index is 0. The molecule has 0 bridgehead atoms. The number of nitrogens with zero attached hydrogens (tertiary/aromatic N) is 2. The molecule has 2 aromatic rings. The molecule has 1 amide bonds. The summed E-state index contributed by atoms with van der Waals surface area (Å²) in [5.41, 5.74) is 15.6. The van der Waals surface area contributed by atoms with E-state index in [0.29, 0.717) is 34.9 Å². The third-order valence-electron chi connectivity index (χ3n) is 4.82. The number of amides is 1. The molecule has 1 aliphatic carbocycles. The summed E-state index contributed by atoms with van der Waals surface area (Å²) < 4.78 is 5.24. The van der Waals surface area contributed by atoms with Crippen LogP contribution in [0.2, 0.25) is 0 Å². The zero-order valence-corrected chi connectivity index (χ0v) is 18.9. The topological polar surface area (TPSA) is 115 Å². The van der Waals surface area contributed by atoms with Gasteiger partial charge in [0, 0.05) is 18.2 Å².